The lowest BCUT2D eigenvalue weighted by Crippen LogP contribution is -2.21. The van der Waals surface area contributed by atoms with Gasteiger partial charge in [0.1, 0.15) is 0 Å². The topological polar surface area (TPSA) is 69.6 Å². The van der Waals surface area contributed by atoms with E-state index >= 15 is 0 Å². The first kappa shape index (κ1) is 15.8. The summed E-state index contributed by atoms with van der Waals surface area (Å²) in [5, 5.41) is 11.9. The lowest BCUT2D eigenvalue weighted by Gasteiger charge is -2.13. The third kappa shape index (κ3) is 4.70. The van der Waals surface area contributed by atoms with E-state index in [9.17, 15) is 9.59 Å². The van der Waals surface area contributed by atoms with Crippen molar-refractivity contribution in [3.8, 4) is 0 Å². The molecule has 7 heteroatoms. The van der Waals surface area contributed by atoms with Crippen LogP contribution in [-0.4, -0.2) is 42.5 Å². The molecule has 1 amide bonds. The number of amides is 1. The van der Waals surface area contributed by atoms with Crippen LogP contribution in [0.5, 0.6) is 0 Å². The number of carbonyl (C=O) groups is 2. The van der Waals surface area contributed by atoms with Crippen LogP contribution in [0.4, 0.5) is 5.69 Å². The molecule has 0 unspecified atom stereocenters. The molecule has 0 atom stereocenters. The van der Waals surface area contributed by atoms with E-state index in [0.29, 0.717) is 6.54 Å². The molecule has 5 nitrogen and oxygen atoms in total. The number of carboxylic acids is 1. The van der Waals surface area contributed by atoms with Gasteiger partial charge in [-0.2, -0.15) is 0 Å². The van der Waals surface area contributed by atoms with Crippen molar-refractivity contribution in [3.63, 3.8) is 0 Å². The van der Waals surface area contributed by atoms with E-state index in [0.717, 1.165) is 0 Å². The first-order valence-corrected chi connectivity index (χ1v) is 6.23. The summed E-state index contributed by atoms with van der Waals surface area (Å²) in [6.45, 7) is 0.555. The first-order valence-electron chi connectivity index (χ1n) is 5.48. The Morgan fingerprint density at radius 2 is 1.95 bits per heavy atom. The normalized spacial score (nSPS) is 10.6. The highest BCUT2D eigenvalue weighted by molar-refractivity contribution is 6.37. The van der Waals surface area contributed by atoms with Crippen molar-refractivity contribution in [2.45, 2.75) is 6.42 Å². The molecule has 2 N–H and O–H groups in total. The van der Waals surface area contributed by atoms with Crippen molar-refractivity contribution >= 4 is 40.8 Å². The Hall–Kier alpha value is -1.30. The molecular weight excluding hydrogens is 291 g/mol. The molecule has 0 fully saturated rings. The van der Waals surface area contributed by atoms with Gasteiger partial charge in [-0.15, -0.1) is 0 Å². The maximum Gasteiger partial charge on any atom is 0.337 e. The van der Waals surface area contributed by atoms with Crippen LogP contribution in [0, 0.1) is 0 Å². The van der Waals surface area contributed by atoms with Gasteiger partial charge in [-0.1, -0.05) is 23.2 Å². The largest absolute Gasteiger partial charge is 0.478 e. The predicted molar refractivity (Wildman–Crippen MR) is 75.2 cm³/mol. The Morgan fingerprint density at radius 1 is 1.32 bits per heavy atom. The van der Waals surface area contributed by atoms with Crippen molar-refractivity contribution < 1.29 is 14.7 Å². The van der Waals surface area contributed by atoms with Gasteiger partial charge in [0.15, 0.2) is 0 Å². The summed E-state index contributed by atoms with van der Waals surface area (Å²) < 4.78 is 0. The van der Waals surface area contributed by atoms with Gasteiger partial charge in [0.2, 0.25) is 5.91 Å². The number of halogens is 2. The molecule has 19 heavy (non-hydrogen) atoms. The first-order chi connectivity index (χ1) is 8.81. The number of hydrogen-bond donors (Lipinski definition) is 2. The van der Waals surface area contributed by atoms with Crippen molar-refractivity contribution in [1.29, 1.82) is 0 Å². The zero-order valence-corrected chi connectivity index (χ0v) is 12.0. The van der Waals surface area contributed by atoms with Gasteiger partial charge >= 0.3 is 5.97 Å². The summed E-state index contributed by atoms with van der Waals surface area (Å²) in [5.41, 5.74) is -0.0574. The maximum absolute atomic E-state index is 11.7. The van der Waals surface area contributed by atoms with Crippen LogP contribution in [0.3, 0.4) is 0 Å². The van der Waals surface area contributed by atoms with Gasteiger partial charge in [-0.3, -0.25) is 4.79 Å². The Kier molecular flexibility index (Phi) is 5.60. The minimum absolute atomic E-state index is 0.0716. The van der Waals surface area contributed by atoms with Gasteiger partial charge in [0.05, 0.1) is 16.3 Å². The second kappa shape index (κ2) is 6.75. The summed E-state index contributed by atoms with van der Waals surface area (Å²) in [4.78, 5) is 24.7. The molecule has 0 aliphatic heterocycles. The van der Waals surface area contributed by atoms with Crippen LogP contribution >= 0.6 is 23.2 Å². The highest BCUT2D eigenvalue weighted by Crippen LogP contribution is 2.30. The molecule has 0 radical (unpaired) electrons. The van der Waals surface area contributed by atoms with E-state index in [-0.39, 0.29) is 33.6 Å². The summed E-state index contributed by atoms with van der Waals surface area (Å²) in [6.07, 6.45) is 0.241. The second-order valence-electron chi connectivity index (χ2n) is 4.22. The lowest BCUT2D eigenvalue weighted by molar-refractivity contribution is -0.116. The number of rotatable bonds is 5. The molecule has 0 heterocycles. The van der Waals surface area contributed by atoms with Gasteiger partial charge in [-0.25, -0.2) is 4.79 Å². The number of benzene rings is 1. The van der Waals surface area contributed by atoms with Crippen molar-refractivity contribution in [2.75, 3.05) is 26.0 Å². The Bertz CT molecular complexity index is 504. The standard InChI is InChI=1S/C12H14Cl2N2O3/c1-16(2)4-3-10(17)15-11-8(12(18)19)5-7(13)6-9(11)14/h5-6H,3-4H2,1-2H3,(H,15,17)(H,18,19). The van der Waals surface area contributed by atoms with Gasteiger partial charge in [0, 0.05) is 18.0 Å². The number of hydrogen-bond acceptors (Lipinski definition) is 3. The number of nitrogens with one attached hydrogen (secondary N) is 1. The Morgan fingerprint density at radius 3 is 2.47 bits per heavy atom. The molecule has 0 aromatic heterocycles. The summed E-state index contributed by atoms with van der Waals surface area (Å²) in [5.74, 6) is -1.51. The van der Waals surface area contributed by atoms with Crippen LogP contribution in [0.25, 0.3) is 0 Å². The van der Waals surface area contributed by atoms with Crippen molar-refractivity contribution in [1.82, 2.24) is 4.90 Å². The Labute approximate surface area is 121 Å². The summed E-state index contributed by atoms with van der Waals surface area (Å²) in [7, 11) is 3.68. The van der Waals surface area contributed by atoms with Crippen molar-refractivity contribution in [3.05, 3.63) is 27.7 Å². The summed E-state index contributed by atoms with van der Waals surface area (Å²) in [6, 6.07) is 2.63. The van der Waals surface area contributed by atoms with E-state index in [4.69, 9.17) is 28.3 Å². The molecule has 1 aromatic rings. The third-order valence-electron chi connectivity index (χ3n) is 2.34. The zero-order chi connectivity index (χ0) is 14.6. The van der Waals surface area contributed by atoms with Crippen LogP contribution in [-0.2, 0) is 4.79 Å². The second-order valence-corrected chi connectivity index (χ2v) is 5.06. The molecule has 0 saturated carbocycles. The van der Waals surface area contributed by atoms with Crippen LogP contribution in [0.2, 0.25) is 10.0 Å². The minimum atomic E-state index is -1.20. The molecule has 0 spiro atoms. The summed E-state index contributed by atoms with van der Waals surface area (Å²) >= 11 is 11.7. The van der Waals surface area contributed by atoms with Crippen LogP contribution in [0.15, 0.2) is 12.1 Å². The van der Waals surface area contributed by atoms with Gasteiger partial charge in [0.25, 0.3) is 0 Å². The fourth-order valence-electron chi connectivity index (χ4n) is 1.40. The number of nitrogens with zero attached hydrogens (tertiary/aromatic N) is 1. The Balaban J connectivity index is 2.94. The number of aromatic carboxylic acids is 1. The molecule has 0 aliphatic rings. The van der Waals surface area contributed by atoms with Crippen LogP contribution < -0.4 is 5.32 Å². The average Bonchev–Trinajstić information content (AvgIpc) is 2.29. The predicted octanol–water partition coefficient (Wildman–Crippen LogP) is 2.58. The number of anilines is 1. The highest BCUT2D eigenvalue weighted by Gasteiger charge is 2.17. The zero-order valence-electron chi connectivity index (χ0n) is 10.5. The fourth-order valence-corrected chi connectivity index (χ4v) is 1.94. The monoisotopic (exact) mass is 304 g/mol. The molecule has 0 bridgehead atoms. The fraction of sp³-hybridized carbons (Fsp3) is 0.333. The number of carboxylic acid groups (broad SMARTS) is 1. The van der Waals surface area contributed by atoms with E-state index in [1.807, 2.05) is 19.0 Å². The molecule has 1 aromatic carbocycles. The van der Waals surface area contributed by atoms with E-state index in [1.54, 1.807) is 0 Å². The van der Waals surface area contributed by atoms with Crippen LogP contribution in [0.1, 0.15) is 16.8 Å². The number of carbonyl (C=O) groups excluding carboxylic acids is 1. The minimum Gasteiger partial charge on any atom is -0.478 e. The van der Waals surface area contributed by atoms with E-state index in [2.05, 4.69) is 5.32 Å². The molecule has 104 valence electrons. The lowest BCUT2D eigenvalue weighted by atomic mass is 10.1. The van der Waals surface area contributed by atoms with Gasteiger partial charge < -0.3 is 15.3 Å². The van der Waals surface area contributed by atoms with Gasteiger partial charge in [-0.05, 0) is 26.2 Å². The third-order valence-corrected chi connectivity index (χ3v) is 2.85. The SMILES string of the molecule is CN(C)CCC(=O)Nc1c(Cl)cc(Cl)cc1C(=O)O. The molecular formula is C12H14Cl2N2O3. The molecule has 0 saturated heterocycles. The van der Waals surface area contributed by atoms with E-state index < -0.39 is 5.97 Å². The molecule has 1 rings (SSSR count). The van der Waals surface area contributed by atoms with Crippen molar-refractivity contribution in [2.24, 2.45) is 0 Å². The molecule has 0 aliphatic carbocycles. The van der Waals surface area contributed by atoms with E-state index in [1.165, 1.54) is 12.1 Å². The highest BCUT2D eigenvalue weighted by atomic mass is 35.5. The maximum atomic E-state index is 11.7. The average molecular weight is 305 g/mol. The smallest absolute Gasteiger partial charge is 0.337 e. The quantitative estimate of drug-likeness (QED) is 0.877.